The second-order valence-corrected chi connectivity index (χ2v) is 6.40. The first kappa shape index (κ1) is 12.6. The van der Waals surface area contributed by atoms with Crippen molar-refractivity contribution in [3.05, 3.63) is 18.5 Å². The van der Waals surface area contributed by atoms with Gasteiger partial charge in [-0.05, 0) is 38.4 Å². The Balaban J connectivity index is 2.15. The van der Waals surface area contributed by atoms with Crippen molar-refractivity contribution < 1.29 is 8.42 Å². The molecule has 0 bridgehead atoms. The molecule has 1 aromatic rings. The Bertz CT molecular complexity index is 433. The lowest BCUT2D eigenvalue weighted by Crippen LogP contribution is -2.37. The molecule has 0 aromatic carbocycles. The van der Waals surface area contributed by atoms with Crippen LogP contribution in [0.1, 0.15) is 19.3 Å². The van der Waals surface area contributed by atoms with Crippen molar-refractivity contribution in [3.8, 4) is 0 Å². The first-order chi connectivity index (χ1) is 8.12. The predicted molar refractivity (Wildman–Crippen MR) is 66.3 cm³/mol. The molecular weight excluding hydrogens is 238 g/mol. The highest BCUT2D eigenvalue weighted by atomic mass is 32.2. The summed E-state index contributed by atoms with van der Waals surface area (Å²) in [7, 11) is -1.66. The first-order valence-corrected chi connectivity index (χ1v) is 7.38. The molecule has 17 heavy (non-hydrogen) atoms. The Hall–Kier alpha value is -0.850. The van der Waals surface area contributed by atoms with E-state index in [4.69, 9.17) is 0 Å². The van der Waals surface area contributed by atoms with Crippen LogP contribution < -0.4 is 5.32 Å². The van der Waals surface area contributed by atoms with Crippen LogP contribution >= 0.6 is 0 Å². The molecule has 0 saturated carbocycles. The van der Waals surface area contributed by atoms with Gasteiger partial charge < -0.3 is 10.3 Å². The zero-order chi connectivity index (χ0) is 12.3. The van der Waals surface area contributed by atoms with Gasteiger partial charge in [0.25, 0.3) is 0 Å². The van der Waals surface area contributed by atoms with Gasteiger partial charge >= 0.3 is 0 Å². The minimum Gasteiger partial charge on any atom is -0.366 e. The van der Waals surface area contributed by atoms with Gasteiger partial charge in [-0.3, -0.25) is 0 Å². The van der Waals surface area contributed by atoms with E-state index in [0.717, 1.165) is 32.4 Å². The third-order valence-electron chi connectivity index (χ3n) is 3.31. The SMILES string of the molecule is CN(C1CCCNCC1)S(=O)(=O)c1cc[nH]c1. The van der Waals surface area contributed by atoms with E-state index >= 15 is 0 Å². The summed E-state index contributed by atoms with van der Waals surface area (Å²) < 4.78 is 26.1. The lowest BCUT2D eigenvalue weighted by atomic mass is 10.1. The molecule has 0 spiro atoms. The van der Waals surface area contributed by atoms with E-state index < -0.39 is 10.0 Å². The molecule has 1 fully saturated rings. The van der Waals surface area contributed by atoms with Gasteiger partial charge in [0.05, 0.1) is 4.90 Å². The van der Waals surface area contributed by atoms with Gasteiger partial charge in [0.15, 0.2) is 0 Å². The van der Waals surface area contributed by atoms with E-state index in [1.807, 2.05) is 0 Å². The number of rotatable bonds is 3. The van der Waals surface area contributed by atoms with Crippen LogP contribution in [0.3, 0.4) is 0 Å². The van der Waals surface area contributed by atoms with Crippen molar-refractivity contribution in [2.75, 3.05) is 20.1 Å². The topological polar surface area (TPSA) is 65.2 Å². The number of nitrogens with one attached hydrogen (secondary N) is 2. The van der Waals surface area contributed by atoms with Gasteiger partial charge in [-0.2, -0.15) is 4.31 Å². The number of hydrogen-bond acceptors (Lipinski definition) is 3. The fourth-order valence-electron chi connectivity index (χ4n) is 2.20. The molecule has 0 aliphatic carbocycles. The summed E-state index contributed by atoms with van der Waals surface area (Å²) in [5.74, 6) is 0. The Kier molecular flexibility index (Phi) is 3.86. The van der Waals surface area contributed by atoms with Gasteiger partial charge in [-0.1, -0.05) is 0 Å². The van der Waals surface area contributed by atoms with Crippen LogP contribution in [-0.4, -0.2) is 43.9 Å². The molecule has 2 heterocycles. The summed E-state index contributed by atoms with van der Waals surface area (Å²) >= 11 is 0. The molecule has 0 radical (unpaired) electrons. The summed E-state index contributed by atoms with van der Waals surface area (Å²) in [5.41, 5.74) is 0. The average Bonchev–Trinajstić information content (AvgIpc) is 2.72. The highest BCUT2D eigenvalue weighted by molar-refractivity contribution is 7.89. The molecule has 0 amide bonds. The maximum Gasteiger partial charge on any atom is 0.244 e. The highest BCUT2D eigenvalue weighted by Crippen LogP contribution is 2.20. The van der Waals surface area contributed by atoms with Crippen LogP contribution in [0.4, 0.5) is 0 Å². The summed E-state index contributed by atoms with van der Waals surface area (Å²) in [6.07, 6.45) is 5.99. The molecule has 1 aliphatic heterocycles. The second kappa shape index (κ2) is 5.20. The molecule has 1 saturated heterocycles. The van der Waals surface area contributed by atoms with Crippen molar-refractivity contribution in [3.63, 3.8) is 0 Å². The Morgan fingerprint density at radius 1 is 1.35 bits per heavy atom. The van der Waals surface area contributed by atoms with Crippen LogP contribution in [0.25, 0.3) is 0 Å². The fraction of sp³-hybridized carbons (Fsp3) is 0.636. The molecule has 96 valence electrons. The van der Waals surface area contributed by atoms with Gasteiger partial charge in [0.2, 0.25) is 10.0 Å². The molecule has 1 unspecified atom stereocenters. The molecule has 1 atom stereocenters. The minimum absolute atomic E-state index is 0.102. The molecule has 2 N–H and O–H groups in total. The largest absolute Gasteiger partial charge is 0.366 e. The molecule has 5 nitrogen and oxygen atoms in total. The number of hydrogen-bond donors (Lipinski definition) is 2. The van der Waals surface area contributed by atoms with Crippen LogP contribution in [-0.2, 0) is 10.0 Å². The summed E-state index contributed by atoms with van der Waals surface area (Å²) in [4.78, 5) is 3.13. The standard InChI is InChI=1S/C11H19N3O2S/c1-14(10-3-2-6-12-7-4-10)17(15,16)11-5-8-13-9-11/h5,8-10,12-13H,2-4,6-7H2,1H3. The second-order valence-electron chi connectivity index (χ2n) is 4.40. The molecule has 1 aliphatic rings. The van der Waals surface area contributed by atoms with Gasteiger partial charge in [-0.15, -0.1) is 0 Å². The number of nitrogens with zero attached hydrogens (tertiary/aromatic N) is 1. The highest BCUT2D eigenvalue weighted by Gasteiger charge is 2.28. The zero-order valence-electron chi connectivity index (χ0n) is 10.0. The van der Waals surface area contributed by atoms with Crippen molar-refractivity contribution >= 4 is 10.0 Å². The zero-order valence-corrected chi connectivity index (χ0v) is 10.8. The van der Waals surface area contributed by atoms with Crippen molar-refractivity contribution in [2.24, 2.45) is 0 Å². The average molecular weight is 257 g/mol. The number of H-pyrrole nitrogens is 1. The van der Waals surface area contributed by atoms with Gasteiger partial charge in [-0.25, -0.2) is 8.42 Å². The van der Waals surface area contributed by atoms with Crippen LogP contribution in [0.5, 0.6) is 0 Å². The maximum absolute atomic E-state index is 12.3. The van der Waals surface area contributed by atoms with E-state index in [1.165, 1.54) is 10.5 Å². The normalized spacial score (nSPS) is 22.6. The van der Waals surface area contributed by atoms with E-state index in [1.54, 1.807) is 19.3 Å². The fourth-order valence-corrected chi connectivity index (χ4v) is 3.59. The lowest BCUT2D eigenvalue weighted by Gasteiger charge is -2.25. The summed E-state index contributed by atoms with van der Waals surface area (Å²) in [6.45, 7) is 1.87. The smallest absolute Gasteiger partial charge is 0.244 e. The van der Waals surface area contributed by atoms with Crippen molar-refractivity contribution in [1.29, 1.82) is 0 Å². The van der Waals surface area contributed by atoms with Crippen LogP contribution in [0.15, 0.2) is 23.4 Å². The molecular formula is C11H19N3O2S. The molecule has 6 heteroatoms. The predicted octanol–water partition coefficient (Wildman–Crippen LogP) is 0.777. The van der Waals surface area contributed by atoms with Crippen LogP contribution in [0.2, 0.25) is 0 Å². The van der Waals surface area contributed by atoms with Crippen molar-refractivity contribution in [1.82, 2.24) is 14.6 Å². The monoisotopic (exact) mass is 257 g/mol. The summed E-state index contributed by atoms with van der Waals surface area (Å²) in [6, 6.07) is 1.70. The number of aromatic amines is 1. The third kappa shape index (κ3) is 2.70. The third-order valence-corrected chi connectivity index (χ3v) is 5.21. The summed E-state index contributed by atoms with van der Waals surface area (Å²) in [5, 5.41) is 3.29. The first-order valence-electron chi connectivity index (χ1n) is 5.94. The van der Waals surface area contributed by atoms with E-state index in [9.17, 15) is 8.42 Å². The van der Waals surface area contributed by atoms with E-state index in [-0.39, 0.29) is 6.04 Å². The maximum atomic E-state index is 12.3. The quantitative estimate of drug-likeness (QED) is 0.841. The molecule has 2 rings (SSSR count). The molecule has 1 aromatic heterocycles. The Morgan fingerprint density at radius 3 is 2.88 bits per heavy atom. The Morgan fingerprint density at radius 2 is 2.18 bits per heavy atom. The minimum atomic E-state index is -3.34. The number of aromatic nitrogens is 1. The Labute approximate surface area is 102 Å². The van der Waals surface area contributed by atoms with E-state index in [2.05, 4.69) is 10.3 Å². The van der Waals surface area contributed by atoms with Crippen molar-refractivity contribution in [2.45, 2.75) is 30.2 Å². The number of sulfonamides is 1. The van der Waals surface area contributed by atoms with E-state index in [0.29, 0.717) is 4.90 Å². The van der Waals surface area contributed by atoms with Gasteiger partial charge in [0, 0.05) is 25.5 Å². The van der Waals surface area contributed by atoms with Gasteiger partial charge in [0.1, 0.15) is 0 Å². The lowest BCUT2D eigenvalue weighted by molar-refractivity contribution is 0.341. The van der Waals surface area contributed by atoms with Crippen LogP contribution in [0, 0.1) is 0 Å².